The first-order valence-corrected chi connectivity index (χ1v) is 5.57. The van der Waals surface area contributed by atoms with Crippen LogP contribution in [0.15, 0.2) is 24.5 Å². The number of urea groups is 1. The predicted octanol–water partition coefficient (Wildman–Crippen LogP) is 0.540. The third-order valence-electron chi connectivity index (χ3n) is 2.42. The third-order valence-corrected chi connectivity index (χ3v) is 2.42. The van der Waals surface area contributed by atoms with Crippen LogP contribution in [0, 0.1) is 0 Å². The average Bonchev–Trinajstić information content (AvgIpc) is 2.82. The number of hydrogen-bond donors (Lipinski definition) is 2. The number of amides is 2. The number of pyridine rings is 1. The van der Waals surface area contributed by atoms with E-state index in [2.05, 4.69) is 25.9 Å². The van der Waals surface area contributed by atoms with Gasteiger partial charge in [0.05, 0.1) is 13.3 Å². The summed E-state index contributed by atoms with van der Waals surface area (Å²) in [5.74, 6) is 1.06. The van der Waals surface area contributed by atoms with Gasteiger partial charge in [-0.25, -0.2) is 14.5 Å². The summed E-state index contributed by atoms with van der Waals surface area (Å²) >= 11 is 0. The molecular formula is C11H14N6O2. The fourth-order valence-corrected chi connectivity index (χ4v) is 1.38. The maximum atomic E-state index is 11.6. The Morgan fingerprint density at radius 3 is 2.84 bits per heavy atom. The molecule has 2 aromatic rings. The number of ether oxygens (including phenoxy) is 1. The number of aryl methyl sites for hydroxylation is 1. The van der Waals surface area contributed by atoms with Crippen molar-refractivity contribution in [2.45, 2.75) is 6.54 Å². The average molecular weight is 262 g/mol. The Balaban J connectivity index is 1.84. The van der Waals surface area contributed by atoms with Gasteiger partial charge in [-0.1, -0.05) is 11.3 Å². The zero-order valence-electron chi connectivity index (χ0n) is 10.6. The Bertz CT molecular complexity index is 551. The normalized spacial score (nSPS) is 10.0. The summed E-state index contributed by atoms with van der Waals surface area (Å²) < 4.78 is 6.42. The van der Waals surface area contributed by atoms with E-state index in [-0.39, 0.29) is 6.03 Å². The number of carbonyl (C=O) groups is 1. The Morgan fingerprint density at radius 2 is 2.26 bits per heavy atom. The van der Waals surface area contributed by atoms with Crippen molar-refractivity contribution in [1.82, 2.24) is 25.3 Å². The molecule has 2 amide bonds. The van der Waals surface area contributed by atoms with Crippen LogP contribution in [0.25, 0.3) is 0 Å². The van der Waals surface area contributed by atoms with Crippen molar-refractivity contribution in [2.75, 3.05) is 12.4 Å². The number of methoxy groups -OCH3 is 1. The first kappa shape index (κ1) is 12.8. The van der Waals surface area contributed by atoms with Crippen LogP contribution >= 0.6 is 0 Å². The number of nitrogens with one attached hydrogen (secondary N) is 2. The Kier molecular flexibility index (Phi) is 3.91. The Morgan fingerprint density at radius 1 is 1.42 bits per heavy atom. The van der Waals surface area contributed by atoms with Gasteiger partial charge in [0, 0.05) is 25.9 Å². The van der Waals surface area contributed by atoms with E-state index in [1.807, 2.05) is 6.07 Å². The van der Waals surface area contributed by atoms with Crippen molar-refractivity contribution < 1.29 is 9.53 Å². The lowest BCUT2D eigenvalue weighted by molar-refractivity contribution is 0.251. The second-order valence-corrected chi connectivity index (χ2v) is 3.76. The molecule has 19 heavy (non-hydrogen) atoms. The number of rotatable bonds is 4. The molecular weight excluding hydrogens is 248 g/mol. The molecule has 8 heteroatoms. The molecule has 2 aromatic heterocycles. The number of nitrogens with zero attached hydrogens (tertiary/aromatic N) is 4. The maximum absolute atomic E-state index is 11.6. The quantitative estimate of drug-likeness (QED) is 0.838. The summed E-state index contributed by atoms with van der Waals surface area (Å²) in [4.78, 5) is 15.7. The van der Waals surface area contributed by atoms with Gasteiger partial charge < -0.3 is 10.1 Å². The van der Waals surface area contributed by atoms with Crippen molar-refractivity contribution in [3.8, 4) is 5.88 Å². The largest absolute Gasteiger partial charge is 0.481 e. The third kappa shape index (κ3) is 3.41. The molecule has 8 nitrogen and oxygen atoms in total. The minimum Gasteiger partial charge on any atom is -0.481 e. The monoisotopic (exact) mass is 262 g/mol. The lowest BCUT2D eigenvalue weighted by atomic mass is 10.3. The van der Waals surface area contributed by atoms with Crippen molar-refractivity contribution in [1.29, 1.82) is 0 Å². The summed E-state index contributed by atoms with van der Waals surface area (Å²) in [6.07, 6.45) is 3.11. The van der Waals surface area contributed by atoms with Crippen LogP contribution < -0.4 is 15.4 Å². The molecule has 0 saturated heterocycles. The van der Waals surface area contributed by atoms with E-state index in [0.29, 0.717) is 18.2 Å². The second-order valence-electron chi connectivity index (χ2n) is 3.76. The molecule has 0 aromatic carbocycles. The highest BCUT2D eigenvalue weighted by Gasteiger charge is 2.05. The Hall–Kier alpha value is -2.64. The summed E-state index contributed by atoms with van der Waals surface area (Å²) in [6, 6.07) is 3.23. The van der Waals surface area contributed by atoms with Gasteiger partial charge in [0.2, 0.25) is 5.88 Å². The molecule has 2 heterocycles. The summed E-state index contributed by atoms with van der Waals surface area (Å²) in [5.41, 5.74) is 0.874. The molecule has 2 N–H and O–H groups in total. The number of anilines is 1. The predicted molar refractivity (Wildman–Crippen MR) is 67.7 cm³/mol. The van der Waals surface area contributed by atoms with E-state index in [1.165, 1.54) is 10.9 Å². The van der Waals surface area contributed by atoms with Crippen LogP contribution in [0.4, 0.5) is 10.6 Å². The van der Waals surface area contributed by atoms with Gasteiger partial charge in [-0.15, -0.1) is 5.10 Å². The molecule has 0 aliphatic rings. The van der Waals surface area contributed by atoms with E-state index in [9.17, 15) is 4.79 Å². The molecule has 0 unspecified atom stereocenters. The highest BCUT2D eigenvalue weighted by atomic mass is 16.5. The molecule has 0 radical (unpaired) electrons. The van der Waals surface area contributed by atoms with Crippen LogP contribution in [0.3, 0.4) is 0 Å². The highest BCUT2D eigenvalue weighted by Crippen LogP contribution is 2.06. The SMILES string of the molecule is COc1ccc(CNC(=O)Nc2cnnn2C)cn1. The lowest BCUT2D eigenvalue weighted by Gasteiger charge is -2.07. The van der Waals surface area contributed by atoms with Crippen molar-refractivity contribution in [3.05, 3.63) is 30.1 Å². The highest BCUT2D eigenvalue weighted by molar-refractivity contribution is 5.88. The minimum atomic E-state index is -0.332. The van der Waals surface area contributed by atoms with E-state index in [1.54, 1.807) is 26.4 Å². The van der Waals surface area contributed by atoms with Crippen LogP contribution in [0.5, 0.6) is 5.88 Å². The lowest BCUT2D eigenvalue weighted by Crippen LogP contribution is -2.29. The summed E-state index contributed by atoms with van der Waals surface area (Å²) in [7, 11) is 3.24. The van der Waals surface area contributed by atoms with Gasteiger partial charge >= 0.3 is 6.03 Å². The van der Waals surface area contributed by atoms with E-state index in [0.717, 1.165) is 5.56 Å². The molecule has 0 bridgehead atoms. The van der Waals surface area contributed by atoms with Crippen molar-refractivity contribution in [3.63, 3.8) is 0 Å². The first-order chi connectivity index (χ1) is 9.19. The molecule has 0 fully saturated rings. The number of carbonyl (C=O) groups excluding carboxylic acids is 1. The van der Waals surface area contributed by atoms with Gasteiger partial charge in [0.1, 0.15) is 0 Å². The van der Waals surface area contributed by atoms with Crippen molar-refractivity contribution in [2.24, 2.45) is 7.05 Å². The molecule has 0 spiro atoms. The first-order valence-electron chi connectivity index (χ1n) is 5.57. The summed E-state index contributed by atoms with van der Waals surface area (Å²) in [5, 5.41) is 12.7. The fraction of sp³-hybridized carbons (Fsp3) is 0.273. The van der Waals surface area contributed by atoms with Crippen LogP contribution in [0.1, 0.15) is 5.56 Å². The van der Waals surface area contributed by atoms with E-state index >= 15 is 0 Å². The number of aromatic nitrogens is 4. The van der Waals surface area contributed by atoms with Crippen LogP contribution in [-0.4, -0.2) is 33.1 Å². The molecule has 0 aliphatic heterocycles. The minimum absolute atomic E-state index is 0.332. The van der Waals surface area contributed by atoms with E-state index in [4.69, 9.17) is 4.74 Å². The van der Waals surface area contributed by atoms with Gasteiger partial charge in [0.25, 0.3) is 0 Å². The molecule has 0 atom stereocenters. The van der Waals surface area contributed by atoms with Crippen LogP contribution in [0.2, 0.25) is 0 Å². The zero-order chi connectivity index (χ0) is 13.7. The van der Waals surface area contributed by atoms with E-state index < -0.39 is 0 Å². The van der Waals surface area contributed by atoms with Gasteiger partial charge in [-0.2, -0.15) is 0 Å². The molecule has 0 saturated carbocycles. The van der Waals surface area contributed by atoms with Gasteiger partial charge in [0.15, 0.2) is 5.82 Å². The van der Waals surface area contributed by atoms with Crippen LogP contribution in [-0.2, 0) is 13.6 Å². The molecule has 100 valence electrons. The Labute approximate surface area is 109 Å². The standard InChI is InChI=1S/C11H14N6O2/c1-17-9(7-14-16-17)15-11(18)13-6-8-3-4-10(19-2)12-5-8/h3-5,7H,6H2,1-2H3,(H2,13,15,18). The zero-order valence-corrected chi connectivity index (χ0v) is 10.6. The molecule has 0 aliphatic carbocycles. The van der Waals surface area contributed by atoms with Crippen molar-refractivity contribution >= 4 is 11.8 Å². The topological polar surface area (TPSA) is 94.0 Å². The van der Waals surface area contributed by atoms with Gasteiger partial charge in [-0.3, -0.25) is 5.32 Å². The smallest absolute Gasteiger partial charge is 0.320 e. The fourth-order valence-electron chi connectivity index (χ4n) is 1.38. The van der Waals surface area contributed by atoms with Gasteiger partial charge in [-0.05, 0) is 5.56 Å². The summed E-state index contributed by atoms with van der Waals surface area (Å²) in [6.45, 7) is 0.369. The maximum Gasteiger partial charge on any atom is 0.320 e. The second kappa shape index (κ2) is 5.80. The number of hydrogen-bond acceptors (Lipinski definition) is 5. The molecule has 2 rings (SSSR count).